The predicted octanol–water partition coefficient (Wildman–Crippen LogP) is 3.20. The molecule has 0 spiro atoms. The van der Waals surface area contributed by atoms with Crippen molar-refractivity contribution in [3.63, 3.8) is 0 Å². The zero-order valence-electron chi connectivity index (χ0n) is 9.50. The maximum absolute atomic E-state index is 11.6. The van der Waals surface area contributed by atoms with Crippen LogP contribution in [-0.2, 0) is 4.79 Å². The average Bonchev–Trinajstić information content (AvgIpc) is 2.31. The van der Waals surface area contributed by atoms with Gasteiger partial charge in [0, 0.05) is 5.69 Å². The van der Waals surface area contributed by atoms with Gasteiger partial charge >= 0.3 is 0 Å². The van der Waals surface area contributed by atoms with Gasteiger partial charge in [0.1, 0.15) is 5.75 Å². The van der Waals surface area contributed by atoms with E-state index < -0.39 is 0 Å². The Morgan fingerprint density at radius 1 is 1.38 bits per heavy atom. The number of nitrogens with one attached hydrogen (secondary N) is 1. The third-order valence-corrected chi connectivity index (χ3v) is 3.14. The molecular formula is C12H16BrNO2. The fraction of sp³-hybridized carbons (Fsp3) is 0.417. The lowest BCUT2D eigenvalue weighted by atomic mass is 10.2. The Bertz CT molecular complexity index is 337. The largest absolute Gasteiger partial charge is 0.494 e. The number of halogens is 1. The fourth-order valence-electron chi connectivity index (χ4n) is 1.21. The van der Waals surface area contributed by atoms with Crippen LogP contribution >= 0.6 is 15.9 Å². The molecule has 1 amide bonds. The number of hydrogen-bond acceptors (Lipinski definition) is 2. The Balaban J connectivity index is 2.58. The van der Waals surface area contributed by atoms with Crippen LogP contribution in [-0.4, -0.2) is 17.3 Å². The monoisotopic (exact) mass is 285 g/mol. The topological polar surface area (TPSA) is 38.3 Å². The van der Waals surface area contributed by atoms with Crippen molar-refractivity contribution in [2.24, 2.45) is 0 Å². The molecule has 0 unspecified atom stereocenters. The van der Waals surface area contributed by atoms with Crippen LogP contribution in [0, 0.1) is 0 Å². The van der Waals surface area contributed by atoms with Crippen molar-refractivity contribution >= 4 is 27.5 Å². The number of hydrogen-bond donors (Lipinski definition) is 1. The molecule has 0 radical (unpaired) electrons. The van der Waals surface area contributed by atoms with E-state index in [1.165, 1.54) is 0 Å². The molecule has 1 atom stereocenters. The second-order valence-corrected chi connectivity index (χ2v) is 4.43. The molecule has 0 fully saturated rings. The molecule has 88 valence electrons. The number of ether oxygens (including phenoxy) is 1. The lowest BCUT2D eigenvalue weighted by molar-refractivity contribution is -0.115. The highest BCUT2D eigenvalue weighted by Gasteiger charge is 2.11. The van der Waals surface area contributed by atoms with E-state index in [1.54, 1.807) is 0 Å². The summed E-state index contributed by atoms with van der Waals surface area (Å²) in [4.78, 5) is 11.4. The summed E-state index contributed by atoms with van der Waals surface area (Å²) in [6.07, 6.45) is 0.767. The Hall–Kier alpha value is -1.03. The first-order chi connectivity index (χ1) is 7.67. The van der Waals surface area contributed by atoms with E-state index in [9.17, 15) is 4.79 Å². The molecular weight excluding hydrogens is 270 g/mol. The SMILES string of the molecule is CCOc1ccc(NC(=O)[C@@H](Br)CC)cc1. The summed E-state index contributed by atoms with van der Waals surface area (Å²) in [6, 6.07) is 7.35. The highest BCUT2D eigenvalue weighted by Crippen LogP contribution is 2.16. The minimum Gasteiger partial charge on any atom is -0.494 e. The maximum Gasteiger partial charge on any atom is 0.238 e. The summed E-state index contributed by atoms with van der Waals surface area (Å²) >= 11 is 3.30. The zero-order valence-corrected chi connectivity index (χ0v) is 11.1. The standard InChI is InChI=1S/C12H16BrNO2/c1-3-11(13)12(15)14-9-5-7-10(8-6-9)16-4-2/h5-8,11H,3-4H2,1-2H3,(H,14,15)/t11-/m0/s1. The number of benzene rings is 1. The van der Waals surface area contributed by atoms with Crippen LogP contribution in [0.1, 0.15) is 20.3 Å². The molecule has 0 aliphatic rings. The molecule has 0 saturated heterocycles. The van der Waals surface area contributed by atoms with E-state index in [0.717, 1.165) is 17.9 Å². The second kappa shape index (κ2) is 6.53. The molecule has 1 aromatic rings. The molecule has 1 rings (SSSR count). The predicted molar refractivity (Wildman–Crippen MR) is 69.2 cm³/mol. The van der Waals surface area contributed by atoms with E-state index in [0.29, 0.717) is 6.61 Å². The third-order valence-electron chi connectivity index (χ3n) is 2.08. The van der Waals surface area contributed by atoms with Gasteiger partial charge in [-0.2, -0.15) is 0 Å². The highest BCUT2D eigenvalue weighted by atomic mass is 79.9. The maximum atomic E-state index is 11.6. The van der Waals surface area contributed by atoms with E-state index in [4.69, 9.17) is 4.74 Å². The van der Waals surface area contributed by atoms with E-state index in [2.05, 4.69) is 21.2 Å². The van der Waals surface area contributed by atoms with Crippen LogP contribution < -0.4 is 10.1 Å². The molecule has 0 heterocycles. The van der Waals surface area contributed by atoms with Gasteiger partial charge in [-0.15, -0.1) is 0 Å². The van der Waals surface area contributed by atoms with Gasteiger partial charge in [-0.25, -0.2) is 0 Å². The Labute approximate surface area is 104 Å². The van der Waals surface area contributed by atoms with E-state index in [1.807, 2.05) is 38.1 Å². The number of rotatable bonds is 5. The number of alkyl halides is 1. The minimum absolute atomic E-state index is 0.0216. The molecule has 0 bridgehead atoms. The molecule has 4 heteroatoms. The normalized spacial score (nSPS) is 11.9. The summed E-state index contributed by atoms with van der Waals surface area (Å²) in [5, 5.41) is 2.82. The summed E-state index contributed by atoms with van der Waals surface area (Å²) in [7, 11) is 0. The minimum atomic E-state index is -0.140. The van der Waals surface area contributed by atoms with E-state index in [-0.39, 0.29) is 10.7 Å². The van der Waals surface area contributed by atoms with Gasteiger partial charge in [0.05, 0.1) is 11.4 Å². The van der Waals surface area contributed by atoms with Crippen molar-refractivity contribution in [2.45, 2.75) is 25.1 Å². The van der Waals surface area contributed by atoms with Crippen LogP contribution in [0.3, 0.4) is 0 Å². The van der Waals surface area contributed by atoms with Gasteiger partial charge in [-0.3, -0.25) is 4.79 Å². The van der Waals surface area contributed by atoms with Crippen molar-refractivity contribution in [2.75, 3.05) is 11.9 Å². The third kappa shape index (κ3) is 3.85. The molecule has 16 heavy (non-hydrogen) atoms. The summed E-state index contributed by atoms with van der Waals surface area (Å²) in [6.45, 7) is 4.54. The van der Waals surface area contributed by atoms with Gasteiger partial charge in [0.25, 0.3) is 0 Å². The Kier molecular flexibility index (Phi) is 5.32. The first-order valence-electron chi connectivity index (χ1n) is 5.35. The first kappa shape index (κ1) is 13.0. The van der Waals surface area contributed by atoms with Crippen molar-refractivity contribution < 1.29 is 9.53 Å². The van der Waals surface area contributed by atoms with Crippen LogP contribution in [0.25, 0.3) is 0 Å². The molecule has 0 saturated carbocycles. The van der Waals surface area contributed by atoms with Crippen molar-refractivity contribution in [1.82, 2.24) is 0 Å². The molecule has 0 aliphatic heterocycles. The Morgan fingerprint density at radius 2 is 2.00 bits per heavy atom. The second-order valence-electron chi connectivity index (χ2n) is 3.32. The molecule has 1 N–H and O–H groups in total. The molecule has 3 nitrogen and oxygen atoms in total. The van der Waals surface area contributed by atoms with Gasteiger partial charge in [-0.1, -0.05) is 22.9 Å². The fourth-order valence-corrected chi connectivity index (χ4v) is 1.32. The highest BCUT2D eigenvalue weighted by molar-refractivity contribution is 9.10. The molecule has 0 aliphatic carbocycles. The summed E-state index contributed by atoms with van der Waals surface area (Å²) in [5.41, 5.74) is 0.784. The van der Waals surface area contributed by atoms with Gasteiger partial charge in [-0.05, 0) is 37.6 Å². The number of amides is 1. The van der Waals surface area contributed by atoms with Crippen LogP contribution in [0.15, 0.2) is 24.3 Å². The lowest BCUT2D eigenvalue weighted by Crippen LogP contribution is -2.21. The van der Waals surface area contributed by atoms with Crippen LogP contribution in [0.4, 0.5) is 5.69 Å². The van der Waals surface area contributed by atoms with Gasteiger partial charge in [0.15, 0.2) is 0 Å². The number of carbonyl (C=O) groups is 1. The van der Waals surface area contributed by atoms with E-state index >= 15 is 0 Å². The smallest absolute Gasteiger partial charge is 0.238 e. The lowest BCUT2D eigenvalue weighted by Gasteiger charge is -2.09. The zero-order chi connectivity index (χ0) is 12.0. The number of carbonyl (C=O) groups excluding carboxylic acids is 1. The summed E-state index contributed by atoms with van der Waals surface area (Å²) in [5.74, 6) is 0.790. The average molecular weight is 286 g/mol. The van der Waals surface area contributed by atoms with Crippen molar-refractivity contribution in [3.05, 3.63) is 24.3 Å². The van der Waals surface area contributed by atoms with Gasteiger partial charge < -0.3 is 10.1 Å². The van der Waals surface area contributed by atoms with Crippen molar-refractivity contribution in [1.29, 1.82) is 0 Å². The Morgan fingerprint density at radius 3 is 2.50 bits per heavy atom. The molecule has 1 aromatic carbocycles. The quantitative estimate of drug-likeness (QED) is 0.844. The summed E-state index contributed by atoms with van der Waals surface area (Å²) < 4.78 is 5.31. The van der Waals surface area contributed by atoms with Crippen LogP contribution in [0.5, 0.6) is 5.75 Å². The van der Waals surface area contributed by atoms with Crippen molar-refractivity contribution in [3.8, 4) is 5.75 Å². The van der Waals surface area contributed by atoms with Gasteiger partial charge in [0.2, 0.25) is 5.91 Å². The van der Waals surface area contributed by atoms with Crippen LogP contribution in [0.2, 0.25) is 0 Å². The number of anilines is 1. The molecule has 0 aromatic heterocycles. The first-order valence-corrected chi connectivity index (χ1v) is 6.26.